The van der Waals surface area contributed by atoms with E-state index in [1.807, 2.05) is 24.3 Å². The quantitative estimate of drug-likeness (QED) is 0.678. The van der Waals surface area contributed by atoms with Gasteiger partial charge in [-0.2, -0.15) is 0 Å². The summed E-state index contributed by atoms with van der Waals surface area (Å²) in [6.45, 7) is 7.82. The predicted octanol–water partition coefficient (Wildman–Crippen LogP) is 3.54. The topological polar surface area (TPSA) is 73.5 Å². The van der Waals surface area contributed by atoms with Gasteiger partial charge in [0.1, 0.15) is 0 Å². The lowest BCUT2D eigenvalue weighted by Crippen LogP contribution is -2.22. The Kier molecular flexibility index (Phi) is 7.02. The minimum atomic E-state index is -0.134. The van der Waals surface area contributed by atoms with E-state index in [2.05, 4.69) is 34.7 Å². The van der Waals surface area contributed by atoms with Crippen LogP contribution in [0.1, 0.15) is 20.8 Å². The van der Waals surface area contributed by atoms with Crippen molar-refractivity contribution < 1.29 is 9.59 Å². The Balaban J connectivity index is 1.83. The van der Waals surface area contributed by atoms with Gasteiger partial charge in [0.15, 0.2) is 0 Å². The first-order valence-corrected chi connectivity index (χ1v) is 8.78. The van der Waals surface area contributed by atoms with Crippen molar-refractivity contribution in [1.82, 2.24) is 0 Å². The molecule has 0 fully saturated rings. The molecule has 0 atom stereocenters. The number of anilines is 4. The average Bonchev–Trinajstić information content (AvgIpc) is 2.63. The van der Waals surface area contributed by atoms with Crippen LogP contribution in [0.3, 0.4) is 0 Å². The SMILES string of the molecule is CCN(CC)c1ccc(NCC(=O)Nc2ccc(NC(C)=O)cc2)cc1. The van der Waals surface area contributed by atoms with E-state index in [4.69, 9.17) is 0 Å². The Morgan fingerprint density at radius 2 is 1.31 bits per heavy atom. The lowest BCUT2D eigenvalue weighted by molar-refractivity contribution is -0.115. The van der Waals surface area contributed by atoms with Gasteiger partial charge in [0.25, 0.3) is 0 Å². The molecule has 26 heavy (non-hydrogen) atoms. The summed E-state index contributed by atoms with van der Waals surface area (Å²) in [5, 5.41) is 8.62. The molecule has 6 nitrogen and oxygen atoms in total. The van der Waals surface area contributed by atoms with Crippen LogP contribution in [0.5, 0.6) is 0 Å². The monoisotopic (exact) mass is 354 g/mol. The molecule has 0 spiro atoms. The molecule has 2 aromatic carbocycles. The van der Waals surface area contributed by atoms with Crippen LogP contribution in [0.2, 0.25) is 0 Å². The summed E-state index contributed by atoms with van der Waals surface area (Å²) >= 11 is 0. The molecule has 0 heterocycles. The third kappa shape index (κ3) is 5.81. The highest BCUT2D eigenvalue weighted by atomic mass is 16.2. The van der Waals surface area contributed by atoms with Crippen LogP contribution in [0.15, 0.2) is 48.5 Å². The molecular formula is C20H26N4O2. The minimum Gasteiger partial charge on any atom is -0.376 e. The third-order valence-electron chi connectivity index (χ3n) is 3.94. The maximum atomic E-state index is 12.1. The lowest BCUT2D eigenvalue weighted by atomic mass is 10.2. The Morgan fingerprint density at radius 3 is 1.81 bits per heavy atom. The van der Waals surface area contributed by atoms with Gasteiger partial charge in [-0.15, -0.1) is 0 Å². The fraction of sp³-hybridized carbons (Fsp3) is 0.300. The Labute approximate surface area is 154 Å². The molecular weight excluding hydrogens is 328 g/mol. The standard InChI is InChI=1S/C20H26N4O2/c1-4-24(5-2)19-12-10-16(11-13-19)21-14-20(26)23-18-8-6-17(7-9-18)22-15(3)25/h6-13,21H,4-5,14H2,1-3H3,(H,22,25)(H,23,26). The molecule has 0 aliphatic carbocycles. The van der Waals surface area contributed by atoms with Crippen molar-refractivity contribution in [3.63, 3.8) is 0 Å². The summed E-state index contributed by atoms with van der Waals surface area (Å²) in [6, 6.07) is 15.0. The van der Waals surface area contributed by atoms with E-state index in [9.17, 15) is 9.59 Å². The molecule has 0 saturated carbocycles. The molecule has 2 aromatic rings. The van der Waals surface area contributed by atoms with Gasteiger partial charge in [0, 0.05) is 42.8 Å². The van der Waals surface area contributed by atoms with E-state index in [0.717, 1.165) is 18.8 Å². The number of nitrogens with one attached hydrogen (secondary N) is 3. The van der Waals surface area contributed by atoms with Gasteiger partial charge < -0.3 is 20.9 Å². The molecule has 0 aliphatic rings. The van der Waals surface area contributed by atoms with Crippen LogP contribution >= 0.6 is 0 Å². The second kappa shape index (κ2) is 9.46. The summed E-state index contributed by atoms with van der Waals surface area (Å²) in [5.74, 6) is -0.261. The number of carbonyl (C=O) groups excluding carboxylic acids is 2. The smallest absolute Gasteiger partial charge is 0.243 e. The van der Waals surface area contributed by atoms with Crippen molar-refractivity contribution in [2.24, 2.45) is 0 Å². The van der Waals surface area contributed by atoms with Crippen LogP contribution in [0.4, 0.5) is 22.7 Å². The fourth-order valence-electron chi connectivity index (χ4n) is 2.61. The second-order valence-corrected chi connectivity index (χ2v) is 5.88. The van der Waals surface area contributed by atoms with Gasteiger partial charge in [0.2, 0.25) is 11.8 Å². The van der Waals surface area contributed by atoms with Crippen LogP contribution in [0, 0.1) is 0 Å². The number of nitrogens with zero attached hydrogens (tertiary/aromatic N) is 1. The summed E-state index contributed by atoms with van der Waals surface area (Å²) in [7, 11) is 0. The highest BCUT2D eigenvalue weighted by Crippen LogP contribution is 2.18. The first-order chi connectivity index (χ1) is 12.5. The van der Waals surface area contributed by atoms with E-state index in [1.165, 1.54) is 12.6 Å². The molecule has 138 valence electrons. The maximum Gasteiger partial charge on any atom is 0.243 e. The Hall–Kier alpha value is -3.02. The normalized spacial score (nSPS) is 10.1. The van der Waals surface area contributed by atoms with Gasteiger partial charge in [-0.05, 0) is 62.4 Å². The maximum absolute atomic E-state index is 12.1. The molecule has 3 N–H and O–H groups in total. The van der Waals surface area contributed by atoms with Crippen LogP contribution in [-0.2, 0) is 9.59 Å². The number of rotatable bonds is 8. The van der Waals surface area contributed by atoms with Gasteiger partial charge in [-0.3, -0.25) is 9.59 Å². The van der Waals surface area contributed by atoms with Crippen molar-refractivity contribution in [3.8, 4) is 0 Å². The zero-order valence-electron chi connectivity index (χ0n) is 15.5. The summed E-state index contributed by atoms with van der Waals surface area (Å²) in [5.41, 5.74) is 3.45. The first-order valence-electron chi connectivity index (χ1n) is 8.78. The number of hydrogen-bond acceptors (Lipinski definition) is 4. The zero-order valence-corrected chi connectivity index (χ0v) is 15.5. The van der Waals surface area contributed by atoms with E-state index >= 15 is 0 Å². The van der Waals surface area contributed by atoms with Crippen molar-refractivity contribution in [2.45, 2.75) is 20.8 Å². The first kappa shape index (κ1) is 19.3. The molecule has 0 aliphatic heterocycles. The van der Waals surface area contributed by atoms with Crippen LogP contribution < -0.4 is 20.9 Å². The van der Waals surface area contributed by atoms with Gasteiger partial charge >= 0.3 is 0 Å². The third-order valence-corrected chi connectivity index (χ3v) is 3.94. The lowest BCUT2D eigenvalue weighted by Gasteiger charge is -2.21. The molecule has 0 bridgehead atoms. The van der Waals surface area contributed by atoms with Gasteiger partial charge in [-0.1, -0.05) is 0 Å². The van der Waals surface area contributed by atoms with E-state index in [1.54, 1.807) is 24.3 Å². The van der Waals surface area contributed by atoms with E-state index in [-0.39, 0.29) is 18.4 Å². The number of hydrogen-bond donors (Lipinski definition) is 3. The van der Waals surface area contributed by atoms with Crippen LogP contribution in [-0.4, -0.2) is 31.4 Å². The van der Waals surface area contributed by atoms with Crippen molar-refractivity contribution >= 4 is 34.6 Å². The Bertz CT molecular complexity index is 722. The zero-order chi connectivity index (χ0) is 18.9. The molecule has 6 heteroatoms. The van der Waals surface area contributed by atoms with Crippen LogP contribution in [0.25, 0.3) is 0 Å². The molecule has 0 saturated heterocycles. The fourth-order valence-corrected chi connectivity index (χ4v) is 2.61. The highest BCUT2D eigenvalue weighted by Gasteiger charge is 2.04. The number of benzene rings is 2. The molecule has 0 unspecified atom stereocenters. The second-order valence-electron chi connectivity index (χ2n) is 5.88. The van der Waals surface area contributed by atoms with Gasteiger partial charge in [0.05, 0.1) is 6.54 Å². The number of amides is 2. The van der Waals surface area contributed by atoms with Crippen molar-refractivity contribution in [2.75, 3.05) is 40.5 Å². The largest absolute Gasteiger partial charge is 0.376 e. The predicted molar refractivity (Wildman–Crippen MR) is 108 cm³/mol. The van der Waals surface area contributed by atoms with Crippen molar-refractivity contribution in [3.05, 3.63) is 48.5 Å². The van der Waals surface area contributed by atoms with E-state index < -0.39 is 0 Å². The highest BCUT2D eigenvalue weighted by molar-refractivity contribution is 5.94. The Morgan fingerprint density at radius 1 is 0.808 bits per heavy atom. The molecule has 0 radical (unpaired) electrons. The summed E-state index contributed by atoms with van der Waals surface area (Å²) < 4.78 is 0. The summed E-state index contributed by atoms with van der Waals surface area (Å²) in [6.07, 6.45) is 0. The minimum absolute atomic E-state index is 0.127. The molecule has 2 amide bonds. The van der Waals surface area contributed by atoms with E-state index in [0.29, 0.717) is 11.4 Å². The average molecular weight is 354 g/mol. The molecule has 0 aromatic heterocycles. The van der Waals surface area contributed by atoms with Gasteiger partial charge in [-0.25, -0.2) is 0 Å². The number of carbonyl (C=O) groups is 2. The van der Waals surface area contributed by atoms with Crippen molar-refractivity contribution in [1.29, 1.82) is 0 Å². The molecule has 2 rings (SSSR count). The summed E-state index contributed by atoms with van der Waals surface area (Å²) in [4.78, 5) is 25.3.